The van der Waals surface area contributed by atoms with Crippen LogP contribution in [-0.2, 0) is 16.0 Å². The van der Waals surface area contributed by atoms with E-state index in [0.29, 0.717) is 23.6 Å². The summed E-state index contributed by atoms with van der Waals surface area (Å²) >= 11 is 1.43. The van der Waals surface area contributed by atoms with E-state index in [-0.39, 0.29) is 5.91 Å². The number of ether oxygens (including phenoxy) is 1. The van der Waals surface area contributed by atoms with Crippen molar-refractivity contribution in [3.8, 4) is 0 Å². The van der Waals surface area contributed by atoms with Gasteiger partial charge in [-0.05, 0) is 31.6 Å². The van der Waals surface area contributed by atoms with Crippen molar-refractivity contribution in [1.29, 1.82) is 0 Å². The van der Waals surface area contributed by atoms with Crippen LogP contribution < -0.4 is 5.32 Å². The fourth-order valence-corrected chi connectivity index (χ4v) is 2.54. The lowest BCUT2D eigenvalue weighted by Crippen LogP contribution is -2.28. The van der Waals surface area contributed by atoms with E-state index in [0.717, 1.165) is 11.4 Å². The highest BCUT2D eigenvalue weighted by Gasteiger charge is 2.24. The summed E-state index contributed by atoms with van der Waals surface area (Å²) in [5, 5.41) is 12.3. The van der Waals surface area contributed by atoms with Crippen molar-refractivity contribution < 1.29 is 9.53 Å². The zero-order valence-electron chi connectivity index (χ0n) is 11.7. The Morgan fingerprint density at radius 3 is 2.79 bits per heavy atom. The molecule has 1 saturated carbocycles. The molecule has 0 spiro atoms. The van der Waals surface area contributed by atoms with Gasteiger partial charge in [0.2, 0.25) is 5.13 Å². The van der Waals surface area contributed by atoms with E-state index >= 15 is 0 Å². The summed E-state index contributed by atoms with van der Waals surface area (Å²) < 4.78 is 5.52. The van der Waals surface area contributed by atoms with Crippen LogP contribution in [-0.4, -0.2) is 28.8 Å². The highest BCUT2D eigenvalue weighted by Crippen LogP contribution is 2.29. The Kier molecular flexibility index (Phi) is 4.87. The van der Waals surface area contributed by atoms with Gasteiger partial charge >= 0.3 is 0 Å². The maximum atomic E-state index is 11.9. The normalized spacial score (nSPS) is 16.6. The number of amides is 1. The largest absolute Gasteiger partial charge is 0.368 e. The summed E-state index contributed by atoms with van der Waals surface area (Å²) in [5.41, 5.74) is 0. The molecule has 0 radical (unpaired) electrons. The summed E-state index contributed by atoms with van der Waals surface area (Å²) in [7, 11) is 0. The van der Waals surface area contributed by atoms with Gasteiger partial charge in [0.1, 0.15) is 11.1 Å². The van der Waals surface area contributed by atoms with Crippen molar-refractivity contribution in [2.75, 3.05) is 11.9 Å². The fourth-order valence-electron chi connectivity index (χ4n) is 1.58. The molecule has 1 atom stereocenters. The van der Waals surface area contributed by atoms with Crippen LogP contribution in [0.2, 0.25) is 0 Å². The lowest BCUT2D eigenvalue weighted by molar-refractivity contribution is -0.126. The van der Waals surface area contributed by atoms with E-state index < -0.39 is 6.10 Å². The first kappa shape index (κ1) is 14.4. The van der Waals surface area contributed by atoms with E-state index in [4.69, 9.17) is 4.74 Å². The Balaban J connectivity index is 1.78. The van der Waals surface area contributed by atoms with E-state index in [1.54, 1.807) is 6.92 Å². The van der Waals surface area contributed by atoms with Crippen LogP contribution in [0.4, 0.5) is 5.13 Å². The third-order valence-electron chi connectivity index (χ3n) is 2.93. The van der Waals surface area contributed by atoms with E-state index in [1.165, 1.54) is 24.2 Å². The molecular weight excluding hydrogens is 262 g/mol. The predicted molar refractivity (Wildman–Crippen MR) is 75.2 cm³/mol. The summed E-state index contributed by atoms with van der Waals surface area (Å²) in [6, 6.07) is 0. The molecule has 1 aliphatic carbocycles. The molecule has 1 heterocycles. The number of aromatic nitrogens is 2. The third kappa shape index (κ3) is 4.87. The fraction of sp³-hybridized carbons (Fsp3) is 0.769. The summed E-state index contributed by atoms with van der Waals surface area (Å²) in [4.78, 5) is 11.9. The third-order valence-corrected chi connectivity index (χ3v) is 3.79. The average molecular weight is 283 g/mol. The van der Waals surface area contributed by atoms with Crippen molar-refractivity contribution in [2.24, 2.45) is 11.8 Å². The number of carbonyl (C=O) groups excluding carboxylic acids is 1. The number of anilines is 1. The molecular formula is C13H21N3O2S. The molecule has 2 rings (SSSR count). The Morgan fingerprint density at radius 1 is 1.42 bits per heavy atom. The van der Waals surface area contributed by atoms with E-state index in [2.05, 4.69) is 29.4 Å². The maximum Gasteiger partial charge on any atom is 0.255 e. The van der Waals surface area contributed by atoms with Gasteiger partial charge in [-0.2, -0.15) is 0 Å². The Morgan fingerprint density at radius 2 is 2.16 bits per heavy atom. The molecule has 106 valence electrons. The minimum atomic E-state index is -0.432. The first-order valence-electron chi connectivity index (χ1n) is 6.79. The van der Waals surface area contributed by atoms with Crippen LogP contribution in [0.3, 0.4) is 0 Å². The molecule has 0 saturated heterocycles. The minimum Gasteiger partial charge on any atom is -0.368 e. The topological polar surface area (TPSA) is 64.1 Å². The average Bonchev–Trinajstić information content (AvgIpc) is 3.07. The number of hydrogen-bond acceptors (Lipinski definition) is 5. The van der Waals surface area contributed by atoms with Gasteiger partial charge in [-0.3, -0.25) is 10.1 Å². The minimum absolute atomic E-state index is 0.145. The van der Waals surface area contributed by atoms with Gasteiger partial charge in [0.25, 0.3) is 5.91 Å². The molecule has 0 aromatic carbocycles. The standard InChI is InChI=1S/C13H21N3O2S/c1-8(2)6-11-15-16-13(19-11)14-12(17)9(3)18-7-10-4-5-10/h8-10H,4-7H2,1-3H3,(H,14,16,17)/t9-/m0/s1. The van der Waals surface area contributed by atoms with Gasteiger partial charge in [0.05, 0.1) is 6.61 Å². The first-order valence-corrected chi connectivity index (χ1v) is 7.61. The second kappa shape index (κ2) is 6.43. The molecule has 0 bridgehead atoms. The van der Waals surface area contributed by atoms with Crippen LogP contribution in [0.1, 0.15) is 38.6 Å². The molecule has 5 nitrogen and oxygen atoms in total. The van der Waals surface area contributed by atoms with Crippen LogP contribution in [0.15, 0.2) is 0 Å². The Hall–Kier alpha value is -1.01. The van der Waals surface area contributed by atoms with Crippen LogP contribution in [0.5, 0.6) is 0 Å². The monoisotopic (exact) mass is 283 g/mol. The SMILES string of the molecule is CC(C)Cc1nnc(NC(=O)[C@H](C)OCC2CC2)s1. The number of nitrogens with one attached hydrogen (secondary N) is 1. The Labute approximate surface area is 117 Å². The van der Waals surface area contributed by atoms with Crippen molar-refractivity contribution in [3.63, 3.8) is 0 Å². The van der Waals surface area contributed by atoms with Gasteiger partial charge < -0.3 is 4.74 Å². The molecule has 1 amide bonds. The molecule has 19 heavy (non-hydrogen) atoms. The van der Waals surface area contributed by atoms with Crippen molar-refractivity contribution >= 4 is 22.4 Å². The molecule has 1 aliphatic rings. The van der Waals surface area contributed by atoms with E-state index in [1.807, 2.05) is 0 Å². The first-order chi connectivity index (χ1) is 9.04. The zero-order valence-corrected chi connectivity index (χ0v) is 12.5. The number of rotatable bonds is 7. The van der Waals surface area contributed by atoms with Crippen LogP contribution in [0, 0.1) is 11.8 Å². The van der Waals surface area contributed by atoms with E-state index in [9.17, 15) is 4.79 Å². The second-order valence-corrected chi connectivity index (χ2v) is 6.57. The molecule has 6 heteroatoms. The predicted octanol–water partition coefficient (Wildman–Crippen LogP) is 2.49. The van der Waals surface area contributed by atoms with Gasteiger partial charge in [0, 0.05) is 6.42 Å². The number of hydrogen-bond donors (Lipinski definition) is 1. The quantitative estimate of drug-likeness (QED) is 0.835. The van der Waals surface area contributed by atoms with Crippen molar-refractivity contribution in [3.05, 3.63) is 5.01 Å². The van der Waals surface area contributed by atoms with Gasteiger partial charge in [0.15, 0.2) is 0 Å². The second-order valence-electron chi connectivity index (χ2n) is 5.51. The lowest BCUT2D eigenvalue weighted by atomic mass is 10.1. The Bertz CT molecular complexity index is 429. The smallest absolute Gasteiger partial charge is 0.255 e. The van der Waals surface area contributed by atoms with Crippen molar-refractivity contribution in [1.82, 2.24) is 10.2 Å². The molecule has 1 aromatic rings. The maximum absolute atomic E-state index is 11.9. The molecule has 1 aromatic heterocycles. The number of nitrogens with zero attached hydrogens (tertiary/aromatic N) is 2. The summed E-state index contributed by atoms with van der Waals surface area (Å²) in [5.74, 6) is 1.06. The van der Waals surface area contributed by atoms with Crippen LogP contribution in [0.25, 0.3) is 0 Å². The van der Waals surface area contributed by atoms with Crippen LogP contribution >= 0.6 is 11.3 Å². The van der Waals surface area contributed by atoms with Crippen molar-refractivity contribution in [2.45, 2.75) is 46.1 Å². The summed E-state index contributed by atoms with van der Waals surface area (Å²) in [6.07, 6.45) is 2.91. The van der Waals surface area contributed by atoms with Gasteiger partial charge in [-0.25, -0.2) is 0 Å². The van der Waals surface area contributed by atoms with Gasteiger partial charge in [-0.15, -0.1) is 10.2 Å². The number of carbonyl (C=O) groups is 1. The zero-order chi connectivity index (χ0) is 13.8. The lowest BCUT2D eigenvalue weighted by Gasteiger charge is -2.11. The molecule has 0 unspecified atom stereocenters. The molecule has 1 fully saturated rings. The highest BCUT2D eigenvalue weighted by molar-refractivity contribution is 7.15. The molecule has 0 aliphatic heterocycles. The summed E-state index contributed by atoms with van der Waals surface area (Å²) in [6.45, 7) is 6.72. The van der Waals surface area contributed by atoms with Gasteiger partial charge in [-0.1, -0.05) is 25.2 Å². The molecule has 1 N–H and O–H groups in total. The highest BCUT2D eigenvalue weighted by atomic mass is 32.1.